The van der Waals surface area contributed by atoms with Crippen LogP contribution in [0.1, 0.15) is 22.8 Å². The second kappa shape index (κ2) is 11.3. The molecule has 7 atom stereocenters. The summed E-state index contributed by atoms with van der Waals surface area (Å²) in [6.07, 6.45) is 0.726. The summed E-state index contributed by atoms with van der Waals surface area (Å²) in [6.45, 7) is -0.311. The summed E-state index contributed by atoms with van der Waals surface area (Å²) >= 11 is 2.74. The van der Waals surface area contributed by atoms with Crippen molar-refractivity contribution in [1.82, 2.24) is 4.98 Å². The van der Waals surface area contributed by atoms with E-state index in [1.807, 2.05) is 12.1 Å². The van der Waals surface area contributed by atoms with Crippen LogP contribution in [0.2, 0.25) is 0 Å². The molecule has 4 aliphatic rings. The molecule has 13 heteroatoms. The van der Waals surface area contributed by atoms with Gasteiger partial charge >= 0.3 is 4.87 Å². The molecule has 0 spiro atoms. The Hall–Kier alpha value is -4.49. The van der Waals surface area contributed by atoms with Gasteiger partial charge in [0.25, 0.3) is 5.91 Å². The Kier molecular flexibility index (Phi) is 7.21. The number of thiazole rings is 1. The number of anilines is 2. The van der Waals surface area contributed by atoms with E-state index >= 15 is 0 Å². The van der Waals surface area contributed by atoms with Crippen LogP contribution in [-0.4, -0.2) is 41.7 Å². The van der Waals surface area contributed by atoms with Gasteiger partial charge in [-0.2, -0.15) is 0 Å². The Labute approximate surface area is 275 Å². The van der Waals surface area contributed by atoms with Crippen LogP contribution in [-0.2, 0) is 14.4 Å². The van der Waals surface area contributed by atoms with Gasteiger partial charge in [0.05, 0.1) is 29.7 Å². The normalized spacial score (nSPS) is 27.0. The number of nitrogens with zero attached hydrogens (tertiary/aromatic N) is 1. The van der Waals surface area contributed by atoms with Gasteiger partial charge in [-0.3, -0.25) is 24.1 Å². The van der Waals surface area contributed by atoms with E-state index in [1.165, 1.54) is 60.5 Å². The highest BCUT2D eigenvalue weighted by Crippen LogP contribution is 2.68. The number of aromatic nitrogens is 1. The number of thioether (sulfide) groups is 1. The van der Waals surface area contributed by atoms with E-state index in [0.29, 0.717) is 22.9 Å². The number of hydrogen-bond donors (Lipinski definition) is 2. The third-order valence-corrected chi connectivity index (χ3v) is 12.4. The molecule has 9 nitrogen and oxygen atoms in total. The van der Waals surface area contributed by atoms with Crippen LogP contribution in [0, 0.1) is 41.2 Å². The van der Waals surface area contributed by atoms with Gasteiger partial charge in [-0.15, -0.1) is 11.8 Å². The van der Waals surface area contributed by atoms with Crippen LogP contribution in [0.3, 0.4) is 0 Å². The number of aromatic amines is 1. The molecule has 3 fully saturated rings. The standard InChI is InChI=1S/C34H27F2N3O6S2/c1-44-23-12-15(2-11-22(23)45-14-24(40)37-18-7-3-16(35)4-8-18)25-26-20-13-21(29(26)46-31-30(25)47-34(43)38-31)28-27(20)32(41)39(33(28)42)19-9-5-17(36)6-10-19/h2-12,20-21,25-29H,13-14H2,1H3,(H,37,40)(H,38,43)/t20-,21-,25+,26-,27+,28+,29-/m1/s1. The molecule has 47 heavy (non-hydrogen) atoms. The average Bonchev–Trinajstić information content (AvgIpc) is 3.80. The van der Waals surface area contributed by atoms with Crippen molar-refractivity contribution in [2.75, 3.05) is 23.9 Å². The van der Waals surface area contributed by atoms with E-state index in [-0.39, 0.29) is 52.2 Å². The molecule has 1 aromatic heterocycles. The summed E-state index contributed by atoms with van der Waals surface area (Å²) < 4.78 is 38.3. The fraction of sp³-hybridized carbons (Fsp3) is 0.294. The number of carbonyl (C=O) groups excluding carboxylic acids is 3. The molecular formula is C34H27F2N3O6S2. The summed E-state index contributed by atoms with van der Waals surface area (Å²) in [4.78, 5) is 57.8. The van der Waals surface area contributed by atoms with Crippen molar-refractivity contribution >= 4 is 52.2 Å². The molecule has 2 N–H and O–H groups in total. The van der Waals surface area contributed by atoms with Crippen LogP contribution in [0.15, 0.2) is 76.6 Å². The highest BCUT2D eigenvalue weighted by molar-refractivity contribution is 8.00. The third-order valence-electron chi connectivity index (χ3n) is 9.84. The predicted molar refractivity (Wildman–Crippen MR) is 171 cm³/mol. The molecule has 3 amide bonds. The van der Waals surface area contributed by atoms with Gasteiger partial charge < -0.3 is 19.8 Å². The van der Waals surface area contributed by atoms with E-state index in [2.05, 4.69) is 10.3 Å². The van der Waals surface area contributed by atoms with Gasteiger partial charge in [-0.05, 0) is 90.4 Å². The van der Waals surface area contributed by atoms with Gasteiger partial charge in [0.2, 0.25) is 11.8 Å². The van der Waals surface area contributed by atoms with Crippen molar-refractivity contribution in [2.45, 2.75) is 22.6 Å². The van der Waals surface area contributed by atoms with Crippen LogP contribution in [0.25, 0.3) is 0 Å². The Morgan fingerprint density at radius 2 is 1.62 bits per heavy atom. The maximum Gasteiger partial charge on any atom is 0.305 e. The van der Waals surface area contributed by atoms with Gasteiger partial charge in [0, 0.05) is 21.7 Å². The second-order valence-electron chi connectivity index (χ2n) is 12.2. The number of imide groups is 1. The Morgan fingerprint density at radius 3 is 2.32 bits per heavy atom. The number of fused-ring (bicyclic) bond motifs is 9. The molecule has 2 aliphatic carbocycles. The lowest BCUT2D eigenvalue weighted by atomic mass is 9.68. The lowest BCUT2D eigenvalue weighted by Gasteiger charge is -2.43. The van der Waals surface area contributed by atoms with E-state index in [4.69, 9.17) is 9.47 Å². The number of hydrogen-bond acceptors (Lipinski definition) is 8. The highest BCUT2D eigenvalue weighted by Gasteiger charge is 2.69. The van der Waals surface area contributed by atoms with Crippen molar-refractivity contribution in [1.29, 1.82) is 0 Å². The van der Waals surface area contributed by atoms with Gasteiger partial charge in [-0.1, -0.05) is 17.4 Å². The van der Waals surface area contributed by atoms with Gasteiger partial charge in [-0.25, -0.2) is 8.78 Å². The number of benzene rings is 3. The molecular weight excluding hydrogens is 649 g/mol. The fourth-order valence-corrected chi connectivity index (χ4v) is 11.0. The number of carbonyl (C=O) groups is 3. The zero-order chi connectivity index (χ0) is 32.6. The van der Waals surface area contributed by atoms with Crippen molar-refractivity contribution < 1.29 is 32.6 Å². The number of methoxy groups -OCH3 is 1. The number of nitrogens with one attached hydrogen (secondary N) is 2. The third kappa shape index (κ3) is 4.86. The fourth-order valence-electron chi connectivity index (χ4n) is 8.11. The minimum atomic E-state index is -0.497. The van der Waals surface area contributed by atoms with Crippen LogP contribution < -0.4 is 24.6 Å². The maximum atomic E-state index is 13.9. The van der Waals surface area contributed by atoms with E-state index in [9.17, 15) is 28.0 Å². The first-order chi connectivity index (χ1) is 22.7. The maximum absolute atomic E-state index is 13.9. The summed E-state index contributed by atoms with van der Waals surface area (Å²) in [7, 11) is 1.50. The second-order valence-corrected chi connectivity index (χ2v) is 14.4. The first-order valence-corrected chi connectivity index (χ1v) is 16.8. The topological polar surface area (TPSA) is 118 Å². The molecule has 3 aromatic carbocycles. The monoisotopic (exact) mass is 675 g/mol. The lowest BCUT2D eigenvalue weighted by Crippen LogP contribution is -2.42. The minimum absolute atomic E-state index is 0.00834. The van der Waals surface area contributed by atoms with E-state index < -0.39 is 29.4 Å². The Morgan fingerprint density at radius 1 is 0.936 bits per heavy atom. The number of rotatable bonds is 7. The van der Waals surface area contributed by atoms with Crippen LogP contribution >= 0.6 is 23.1 Å². The van der Waals surface area contributed by atoms with E-state index in [0.717, 1.165) is 33.2 Å². The van der Waals surface area contributed by atoms with Gasteiger partial charge in [0.15, 0.2) is 18.1 Å². The van der Waals surface area contributed by atoms with Crippen molar-refractivity contribution in [3.63, 3.8) is 0 Å². The molecule has 2 aliphatic heterocycles. The quantitative estimate of drug-likeness (QED) is 0.252. The lowest BCUT2D eigenvalue weighted by molar-refractivity contribution is -0.123. The predicted octanol–water partition coefficient (Wildman–Crippen LogP) is 5.42. The number of ether oxygens (including phenoxy) is 2. The number of H-pyrrole nitrogens is 1. The molecule has 0 unspecified atom stereocenters. The SMILES string of the molecule is COc1cc([C@@H]2c3sc(=O)[nH]c3S[C@@H]3[C@@H]4C[C@@H]([C@@H]5C(=O)N(c6ccc(F)cc6)C(=O)[C@@H]45)[C@H]23)ccc1OCC(=O)Nc1ccc(F)cc1. The summed E-state index contributed by atoms with van der Waals surface area (Å²) in [5.41, 5.74) is 1.68. The number of halogens is 2. The summed E-state index contributed by atoms with van der Waals surface area (Å²) in [5.74, 6) is -2.46. The highest BCUT2D eigenvalue weighted by atomic mass is 32.2. The van der Waals surface area contributed by atoms with Crippen molar-refractivity contribution in [3.05, 3.63) is 98.5 Å². The Bertz CT molecular complexity index is 1980. The van der Waals surface area contributed by atoms with E-state index in [1.54, 1.807) is 17.8 Å². The summed E-state index contributed by atoms with van der Waals surface area (Å²) in [6, 6.07) is 16.3. The largest absolute Gasteiger partial charge is 0.493 e. The van der Waals surface area contributed by atoms with Crippen LogP contribution in [0.4, 0.5) is 20.2 Å². The first kappa shape index (κ1) is 29.9. The summed E-state index contributed by atoms with van der Waals surface area (Å²) in [5, 5.41) is 3.43. The molecule has 2 saturated carbocycles. The zero-order valence-electron chi connectivity index (χ0n) is 24.8. The first-order valence-electron chi connectivity index (χ1n) is 15.1. The molecule has 8 rings (SSSR count). The van der Waals surface area contributed by atoms with Gasteiger partial charge in [0.1, 0.15) is 11.6 Å². The molecule has 2 bridgehead atoms. The average molecular weight is 676 g/mol. The molecule has 4 aromatic rings. The molecule has 0 radical (unpaired) electrons. The molecule has 240 valence electrons. The van der Waals surface area contributed by atoms with Crippen LogP contribution in [0.5, 0.6) is 11.5 Å². The zero-order valence-corrected chi connectivity index (χ0v) is 26.4. The minimum Gasteiger partial charge on any atom is -0.493 e. The molecule has 1 saturated heterocycles. The number of amides is 3. The smallest absolute Gasteiger partial charge is 0.305 e. The van der Waals surface area contributed by atoms with Crippen molar-refractivity contribution in [3.8, 4) is 11.5 Å². The van der Waals surface area contributed by atoms with Crippen molar-refractivity contribution in [2.24, 2.45) is 29.6 Å². The Balaban J connectivity index is 1.09. The molecule has 3 heterocycles.